The first kappa shape index (κ1) is 74.9. The Kier molecular flexibility index (Phi) is 25.1. The summed E-state index contributed by atoms with van der Waals surface area (Å²) in [5.74, 6) is -8.27. The predicted molar refractivity (Wildman–Crippen MR) is 372 cm³/mol. The highest BCUT2D eigenvalue weighted by molar-refractivity contribution is 6.00. The van der Waals surface area contributed by atoms with Gasteiger partial charge in [-0.15, -0.1) is 0 Å². The van der Waals surface area contributed by atoms with E-state index in [-0.39, 0.29) is 90.0 Å². The van der Waals surface area contributed by atoms with Crippen LogP contribution in [0.15, 0.2) is 97.2 Å². The van der Waals surface area contributed by atoms with Crippen molar-refractivity contribution in [2.45, 2.75) is 190 Å². The number of nitrogens with two attached hydrogens (primary N) is 1. The van der Waals surface area contributed by atoms with Gasteiger partial charge in [0.2, 0.25) is 65.0 Å². The number of methoxy groups -OCH3 is 1. The molecule has 0 aliphatic carbocycles. The number of rotatable bonds is 5. The second-order valence-electron chi connectivity index (χ2n) is 27.5. The quantitative estimate of drug-likeness (QED) is 0.119. The number of piperidine rings is 1. The number of nitrogens with one attached hydrogen (secondary N) is 8. The molecule has 6 aliphatic heterocycles. The number of carbonyl (C=O) groups excluding carboxylic acids is 11. The lowest BCUT2D eigenvalue weighted by Gasteiger charge is -2.42. The van der Waals surface area contributed by atoms with Crippen molar-refractivity contribution in [2.24, 2.45) is 5.73 Å². The minimum Gasteiger partial charge on any atom is -0.497 e. The van der Waals surface area contributed by atoms with Gasteiger partial charge in [0.25, 0.3) is 0 Å². The molecule has 5 aromatic rings. The maximum Gasteiger partial charge on any atom is 0.246 e. The summed E-state index contributed by atoms with van der Waals surface area (Å²) in [5.41, 5.74) is 9.08. The fraction of sp³-hybridized carbons (Fsp3) is 0.500. The van der Waals surface area contributed by atoms with Crippen LogP contribution >= 0.6 is 0 Å². The number of halogens is 1. The van der Waals surface area contributed by atoms with Crippen LogP contribution in [0.2, 0.25) is 0 Å². The minimum absolute atomic E-state index is 0.0500. The third-order valence-electron chi connectivity index (χ3n) is 20.0. The van der Waals surface area contributed by atoms with E-state index in [1.54, 1.807) is 72.6 Å². The third kappa shape index (κ3) is 18.6. The second-order valence-corrected chi connectivity index (χ2v) is 27.5. The molecule has 0 radical (unpaired) electrons. The number of nitrogens with zero attached hydrogens (tertiary/aromatic N) is 4. The first-order valence-corrected chi connectivity index (χ1v) is 35.3. The first-order valence-electron chi connectivity index (χ1n) is 35.3. The Morgan fingerprint density at radius 1 is 0.667 bits per heavy atom. The van der Waals surface area contributed by atoms with Gasteiger partial charge in [-0.05, 0) is 129 Å². The number of ether oxygens (including phenoxy) is 2. The lowest BCUT2D eigenvalue weighted by Crippen LogP contribution is -2.66. The molecule has 2 saturated heterocycles. The van der Waals surface area contributed by atoms with Gasteiger partial charge in [-0.1, -0.05) is 73.5 Å². The van der Waals surface area contributed by atoms with E-state index in [2.05, 4.69) is 42.5 Å². The van der Waals surface area contributed by atoms with Crippen molar-refractivity contribution >= 4 is 75.9 Å². The van der Waals surface area contributed by atoms with Gasteiger partial charge < -0.3 is 82.1 Å². The summed E-state index contributed by atoms with van der Waals surface area (Å²) in [6.07, 6.45) is 1.53. The molecule has 0 spiro atoms. The van der Waals surface area contributed by atoms with Crippen molar-refractivity contribution in [2.75, 3.05) is 46.4 Å². The Morgan fingerprint density at radius 3 is 2.14 bits per heavy atom. The summed E-state index contributed by atoms with van der Waals surface area (Å²) in [4.78, 5) is 167. The molecule has 2 fully saturated rings. The van der Waals surface area contributed by atoms with Gasteiger partial charge in [-0.2, -0.15) is 0 Å². The second kappa shape index (κ2) is 34.2. The van der Waals surface area contributed by atoms with Gasteiger partial charge in [-0.25, -0.2) is 4.39 Å². The molecule has 7 heterocycles. The van der Waals surface area contributed by atoms with Crippen LogP contribution < -0.4 is 53.0 Å². The molecule has 12 bridgehead atoms. The van der Waals surface area contributed by atoms with Crippen LogP contribution in [0.1, 0.15) is 118 Å². The number of aliphatic hydroxyl groups excluding tert-OH is 1. The molecule has 546 valence electrons. The Morgan fingerprint density at radius 2 is 1.39 bits per heavy atom. The number of aromatic nitrogens is 1. The summed E-state index contributed by atoms with van der Waals surface area (Å²) in [7, 11) is 1.50. The predicted octanol–water partition coefficient (Wildman–Crippen LogP) is 1.53. The molecule has 1 aromatic heterocycles. The van der Waals surface area contributed by atoms with Crippen LogP contribution in [-0.2, 0) is 103 Å². The van der Waals surface area contributed by atoms with E-state index in [1.807, 2.05) is 28.8 Å². The van der Waals surface area contributed by atoms with Crippen molar-refractivity contribution in [3.63, 3.8) is 0 Å². The number of amides is 11. The summed E-state index contributed by atoms with van der Waals surface area (Å²) in [6.45, 7) is 4.25. The van der Waals surface area contributed by atoms with Crippen LogP contribution in [0, 0.1) is 5.82 Å². The van der Waals surface area contributed by atoms with Crippen LogP contribution in [0.3, 0.4) is 0 Å². The highest BCUT2D eigenvalue weighted by atomic mass is 19.1. The molecule has 6 aliphatic rings. The molecule has 11 rings (SSSR count). The smallest absolute Gasteiger partial charge is 0.246 e. The van der Waals surface area contributed by atoms with Gasteiger partial charge in [0.1, 0.15) is 66.0 Å². The van der Waals surface area contributed by atoms with E-state index in [1.165, 1.54) is 42.9 Å². The Hall–Kier alpha value is -9.80. The van der Waals surface area contributed by atoms with Crippen molar-refractivity contribution in [1.29, 1.82) is 0 Å². The van der Waals surface area contributed by atoms with Crippen LogP contribution in [0.25, 0.3) is 10.9 Å². The molecule has 10 atom stereocenters. The molecular formula is C74H94FN13O14. The number of benzene rings is 4. The van der Waals surface area contributed by atoms with Gasteiger partial charge >= 0.3 is 0 Å². The first-order chi connectivity index (χ1) is 49.0. The van der Waals surface area contributed by atoms with Gasteiger partial charge in [0.15, 0.2) is 0 Å². The third-order valence-corrected chi connectivity index (χ3v) is 20.0. The van der Waals surface area contributed by atoms with Crippen LogP contribution in [-0.4, -0.2) is 196 Å². The number of hydrogen-bond donors (Lipinski definition) is 10. The zero-order chi connectivity index (χ0) is 72.8. The van der Waals surface area contributed by atoms with E-state index in [0.29, 0.717) is 90.5 Å². The highest BCUT2D eigenvalue weighted by Gasteiger charge is 2.49. The van der Waals surface area contributed by atoms with Gasteiger partial charge in [-0.3, -0.25) is 52.7 Å². The average molecular weight is 1410 g/mol. The number of hydrogen-bond acceptors (Lipinski definition) is 15. The molecule has 27 nitrogen and oxygen atoms in total. The molecule has 11 N–H and O–H groups in total. The Balaban J connectivity index is 1.09. The maximum absolute atomic E-state index is 16.2. The summed E-state index contributed by atoms with van der Waals surface area (Å²) in [5, 5.41) is 34.2. The fourth-order valence-electron chi connectivity index (χ4n) is 14.2. The molecule has 1 unspecified atom stereocenters. The summed E-state index contributed by atoms with van der Waals surface area (Å²) in [6, 6.07) is 14.5. The van der Waals surface area contributed by atoms with Gasteiger partial charge in [0, 0.05) is 102 Å². The molecule has 102 heavy (non-hydrogen) atoms. The van der Waals surface area contributed by atoms with Crippen molar-refractivity contribution in [3.05, 3.63) is 136 Å². The zero-order valence-corrected chi connectivity index (χ0v) is 58.2. The van der Waals surface area contributed by atoms with Crippen LogP contribution in [0.4, 0.5) is 4.39 Å². The Bertz CT molecular complexity index is 3910. The summed E-state index contributed by atoms with van der Waals surface area (Å²) >= 11 is 0. The zero-order valence-electron chi connectivity index (χ0n) is 58.2. The number of fused-ring (bicyclic) bond motifs is 16. The normalized spacial score (nSPS) is 26.2. The highest BCUT2D eigenvalue weighted by Crippen LogP contribution is 2.32. The summed E-state index contributed by atoms with van der Waals surface area (Å²) < 4.78 is 29.4. The van der Waals surface area contributed by atoms with E-state index in [0.717, 1.165) is 11.1 Å². The molecule has 11 amide bonds. The van der Waals surface area contributed by atoms with Crippen molar-refractivity contribution in [1.82, 2.24) is 61.8 Å². The number of aliphatic hydroxyl groups is 1. The minimum atomic E-state index is -1.84. The number of carbonyl (C=O) groups is 11. The Labute approximate surface area is 591 Å². The van der Waals surface area contributed by atoms with Crippen LogP contribution in [0.5, 0.6) is 5.75 Å². The van der Waals surface area contributed by atoms with E-state index in [4.69, 9.17) is 15.2 Å². The van der Waals surface area contributed by atoms with E-state index >= 15 is 28.4 Å². The average Bonchev–Trinajstić information content (AvgIpc) is 1.57. The lowest BCUT2D eigenvalue weighted by molar-refractivity contribution is -0.156. The number of aryl methyl sites for hydroxylation is 1. The maximum atomic E-state index is 16.2. The largest absolute Gasteiger partial charge is 0.497 e. The molecule has 0 saturated carbocycles. The molecular weight excluding hydrogens is 1310 g/mol. The van der Waals surface area contributed by atoms with Gasteiger partial charge in [0.05, 0.1) is 19.3 Å². The van der Waals surface area contributed by atoms with E-state index < -0.39 is 138 Å². The standard InChI is InChI=1S/C74H94FN13O14/c1-44-66(93)83-58(39-76)68(95)80-55-36-49-12-9-13-50(34-49)40-78-62(91)43-102-60-14-10-32-87-65(60)70(97)84-64(45(2)89)69(96)82-56(35-47-19-22-53(101-4)23-20-47)72(99)88-33-11-28-74(88,3)73(100)77-29-27-46-15-17-48(18-16-46)41-86(63(92)26-25-61(90)79-44)31-8-6-5-7-30-85-42-51(37-57(71(87)98)81-67(55)94)54-38-52(75)21-24-59(54)85/h9,12-13,15-24,34,38,42,44-45,55-58,60,64-65,89H,5-8,10-11,14,25-33,35-37,39-41,43,76H2,1-4H3,(H,77,100)(H,78,91)(H,79,90)(H,80,95)(H,81,94)(H,82,96)(H,83,93)(H,84,97)/t44-,45+,55-,56-,57-,58+,60-,64-,65?,74-/m0/s1. The van der Waals surface area contributed by atoms with E-state index in [9.17, 15) is 33.9 Å². The SMILES string of the molecule is COc1ccc(C[C@@H]2NC(=O)[C@H]([C@@H](C)O)NC(=O)C3[C@@H]4CCCN3C(=O)[C@@H]3Cc5cn(c6ccc(F)cc56)CCCCCCN(Cc5ccc(cc5)CCNC(=O)[C@]5(C)CCCN5C2=O)C(=O)CCC(=O)N[C@@H](C)C(=O)N[C@H](CN)C(=O)N[C@@H](Cc2cccc(c2)CNC(=O)CO4)C(=O)N3)cc1. The van der Waals surface area contributed by atoms with Crippen molar-refractivity contribution in [3.8, 4) is 5.75 Å². The molecule has 4 aromatic carbocycles. The topological polar surface area (TPSA) is 363 Å². The fourth-order valence-corrected chi connectivity index (χ4v) is 14.2. The van der Waals surface area contributed by atoms with Crippen molar-refractivity contribution < 1.29 is 71.7 Å². The monoisotopic (exact) mass is 1410 g/mol. The molecule has 28 heteroatoms. The lowest BCUT2D eigenvalue weighted by atomic mass is 9.94.